The Kier molecular flexibility index (Phi) is 5.71. The molecule has 1 amide bonds. The van der Waals surface area contributed by atoms with Crippen LogP contribution in [0.25, 0.3) is 15.9 Å². The molecule has 2 aromatic heterocycles. The number of thiophene rings is 1. The number of carbonyl (C=O) groups is 1. The number of rotatable bonds is 5. The van der Waals surface area contributed by atoms with Gasteiger partial charge in [0, 0.05) is 10.7 Å². The summed E-state index contributed by atoms with van der Waals surface area (Å²) in [4.78, 5) is 30.1. The van der Waals surface area contributed by atoms with Crippen molar-refractivity contribution in [2.45, 2.75) is 12.1 Å². The summed E-state index contributed by atoms with van der Waals surface area (Å²) in [5, 5.41) is 5.68. The second-order valence-electron chi connectivity index (χ2n) is 6.36. The molecule has 0 spiro atoms. The fraction of sp³-hybridized carbons (Fsp3) is 0.0952. The molecule has 4 aromatic rings. The van der Waals surface area contributed by atoms with Crippen molar-refractivity contribution in [2.75, 3.05) is 11.1 Å². The van der Waals surface area contributed by atoms with Gasteiger partial charge in [-0.05, 0) is 54.3 Å². The number of aryl methyl sites for hydroxylation is 1. The van der Waals surface area contributed by atoms with Gasteiger partial charge in [-0.15, -0.1) is 11.3 Å². The third kappa shape index (κ3) is 4.37. The number of aromatic nitrogens is 2. The number of halogens is 1. The van der Waals surface area contributed by atoms with Crippen LogP contribution < -0.4 is 10.9 Å². The molecule has 2 heterocycles. The standard InChI is InChI=1S/C21H16ClN3O2S2/c1-13-4-2-6-15(10-13)23-18(26)12-29-21-24-17-8-9-28-19(17)20(27)25(21)16-7-3-5-14(22)11-16/h2-11H,12H2,1H3,(H,23,26). The first-order valence-corrected chi connectivity index (χ1v) is 11.0. The molecule has 0 fully saturated rings. The first kappa shape index (κ1) is 19.7. The minimum atomic E-state index is -0.172. The van der Waals surface area contributed by atoms with E-state index in [1.807, 2.05) is 36.6 Å². The monoisotopic (exact) mass is 441 g/mol. The van der Waals surface area contributed by atoms with Crippen molar-refractivity contribution in [1.29, 1.82) is 0 Å². The molecule has 5 nitrogen and oxygen atoms in total. The van der Waals surface area contributed by atoms with Gasteiger partial charge in [0.15, 0.2) is 5.16 Å². The summed E-state index contributed by atoms with van der Waals surface area (Å²) in [5.41, 5.74) is 2.87. The van der Waals surface area contributed by atoms with Gasteiger partial charge in [-0.2, -0.15) is 0 Å². The quantitative estimate of drug-likeness (QED) is 0.344. The Bertz CT molecular complexity index is 1270. The number of hydrogen-bond acceptors (Lipinski definition) is 5. The average molecular weight is 442 g/mol. The number of anilines is 1. The van der Waals surface area contributed by atoms with E-state index in [4.69, 9.17) is 11.6 Å². The van der Waals surface area contributed by atoms with Crippen LogP contribution in [0.15, 0.2) is 69.9 Å². The number of nitrogens with one attached hydrogen (secondary N) is 1. The van der Waals surface area contributed by atoms with Crippen LogP contribution in [0.5, 0.6) is 0 Å². The van der Waals surface area contributed by atoms with E-state index < -0.39 is 0 Å². The predicted molar refractivity (Wildman–Crippen MR) is 121 cm³/mol. The Hall–Kier alpha value is -2.61. The minimum Gasteiger partial charge on any atom is -0.325 e. The van der Waals surface area contributed by atoms with Gasteiger partial charge in [-0.1, -0.05) is 41.6 Å². The van der Waals surface area contributed by atoms with Gasteiger partial charge in [0.1, 0.15) is 4.70 Å². The fourth-order valence-corrected chi connectivity index (χ4v) is 4.64. The molecule has 0 atom stereocenters. The van der Waals surface area contributed by atoms with E-state index in [0.29, 0.717) is 26.1 Å². The number of carbonyl (C=O) groups excluding carboxylic acids is 1. The van der Waals surface area contributed by atoms with Crippen LogP contribution in [-0.4, -0.2) is 21.2 Å². The highest BCUT2D eigenvalue weighted by atomic mass is 35.5. The van der Waals surface area contributed by atoms with E-state index in [0.717, 1.165) is 11.3 Å². The van der Waals surface area contributed by atoms with Crippen molar-refractivity contribution in [3.63, 3.8) is 0 Å². The Labute approximate surface area is 180 Å². The Morgan fingerprint density at radius 3 is 2.83 bits per heavy atom. The largest absolute Gasteiger partial charge is 0.325 e. The van der Waals surface area contributed by atoms with Gasteiger partial charge in [-0.3, -0.25) is 14.2 Å². The summed E-state index contributed by atoms with van der Waals surface area (Å²) in [7, 11) is 0. The highest BCUT2D eigenvalue weighted by Crippen LogP contribution is 2.25. The molecule has 146 valence electrons. The summed E-state index contributed by atoms with van der Waals surface area (Å²) in [5.74, 6) is -0.0470. The normalized spacial score (nSPS) is 11.0. The second-order valence-corrected chi connectivity index (χ2v) is 8.65. The number of thioether (sulfide) groups is 1. The van der Waals surface area contributed by atoms with Crippen LogP contribution in [-0.2, 0) is 4.79 Å². The van der Waals surface area contributed by atoms with Gasteiger partial charge in [-0.25, -0.2) is 4.98 Å². The zero-order valence-corrected chi connectivity index (χ0v) is 17.8. The SMILES string of the molecule is Cc1cccc(NC(=O)CSc2nc3ccsc3c(=O)n2-c2cccc(Cl)c2)c1. The van der Waals surface area contributed by atoms with E-state index in [1.54, 1.807) is 30.3 Å². The van der Waals surface area contributed by atoms with E-state index in [1.165, 1.54) is 27.7 Å². The molecule has 2 aromatic carbocycles. The van der Waals surface area contributed by atoms with Gasteiger partial charge >= 0.3 is 0 Å². The van der Waals surface area contributed by atoms with Crippen LogP contribution in [0.2, 0.25) is 5.02 Å². The lowest BCUT2D eigenvalue weighted by molar-refractivity contribution is -0.113. The zero-order chi connectivity index (χ0) is 20.4. The number of fused-ring (bicyclic) bond motifs is 1. The van der Waals surface area contributed by atoms with Crippen molar-refractivity contribution in [3.05, 3.63) is 80.9 Å². The second kappa shape index (κ2) is 8.41. The summed E-state index contributed by atoms with van der Waals surface area (Å²) in [6, 6.07) is 16.4. The number of benzene rings is 2. The molecular formula is C21H16ClN3O2S2. The van der Waals surface area contributed by atoms with Gasteiger partial charge in [0.05, 0.1) is 17.0 Å². The third-order valence-corrected chi connectivity index (χ3v) is 6.22. The van der Waals surface area contributed by atoms with Gasteiger partial charge in [0.2, 0.25) is 5.91 Å². The maximum absolute atomic E-state index is 13.1. The molecule has 8 heteroatoms. The molecule has 0 aliphatic heterocycles. The fourth-order valence-electron chi connectivity index (χ4n) is 2.88. The maximum Gasteiger partial charge on any atom is 0.276 e. The van der Waals surface area contributed by atoms with Gasteiger partial charge in [0.25, 0.3) is 5.56 Å². The smallest absolute Gasteiger partial charge is 0.276 e. The zero-order valence-electron chi connectivity index (χ0n) is 15.4. The molecule has 0 radical (unpaired) electrons. The molecule has 0 saturated heterocycles. The highest BCUT2D eigenvalue weighted by molar-refractivity contribution is 7.99. The summed E-state index contributed by atoms with van der Waals surface area (Å²) >= 11 is 8.68. The van der Waals surface area contributed by atoms with Crippen LogP contribution in [0.1, 0.15) is 5.56 Å². The van der Waals surface area contributed by atoms with E-state index in [2.05, 4.69) is 10.3 Å². The summed E-state index contributed by atoms with van der Waals surface area (Å²) in [6.45, 7) is 1.97. The molecule has 4 rings (SSSR count). The molecule has 0 unspecified atom stereocenters. The molecule has 29 heavy (non-hydrogen) atoms. The Morgan fingerprint density at radius 2 is 2.03 bits per heavy atom. The lowest BCUT2D eigenvalue weighted by Crippen LogP contribution is -2.22. The first-order valence-electron chi connectivity index (χ1n) is 8.77. The Balaban J connectivity index is 1.65. The van der Waals surface area contributed by atoms with Crippen molar-refractivity contribution in [2.24, 2.45) is 0 Å². The van der Waals surface area contributed by atoms with Crippen LogP contribution in [0.4, 0.5) is 5.69 Å². The van der Waals surface area contributed by atoms with Crippen LogP contribution in [0, 0.1) is 6.92 Å². The highest BCUT2D eigenvalue weighted by Gasteiger charge is 2.16. The lowest BCUT2D eigenvalue weighted by atomic mass is 10.2. The van der Waals surface area contributed by atoms with Crippen molar-refractivity contribution in [3.8, 4) is 5.69 Å². The third-order valence-electron chi connectivity index (χ3n) is 4.15. The van der Waals surface area contributed by atoms with Crippen molar-refractivity contribution >= 4 is 56.5 Å². The topological polar surface area (TPSA) is 64.0 Å². The molecular weight excluding hydrogens is 426 g/mol. The van der Waals surface area contributed by atoms with E-state index >= 15 is 0 Å². The molecule has 0 bridgehead atoms. The van der Waals surface area contributed by atoms with Gasteiger partial charge < -0.3 is 5.32 Å². The molecule has 1 N–H and O–H groups in total. The number of amides is 1. The summed E-state index contributed by atoms with van der Waals surface area (Å²) < 4.78 is 2.08. The van der Waals surface area contributed by atoms with Crippen molar-refractivity contribution < 1.29 is 4.79 Å². The van der Waals surface area contributed by atoms with Crippen LogP contribution >= 0.6 is 34.7 Å². The average Bonchev–Trinajstić information content (AvgIpc) is 3.15. The van der Waals surface area contributed by atoms with E-state index in [9.17, 15) is 9.59 Å². The number of hydrogen-bond donors (Lipinski definition) is 1. The van der Waals surface area contributed by atoms with E-state index in [-0.39, 0.29) is 17.2 Å². The Morgan fingerprint density at radius 1 is 1.21 bits per heavy atom. The molecule has 0 aliphatic carbocycles. The maximum atomic E-state index is 13.1. The van der Waals surface area contributed by atoms with Crippen LogP contribution in [0.3, 0.4) is 0 Å². The molecule has 0 aliphatic rings. The summed E-state index contributed by atoms with van der Waals surface area (Å²) in [6.07, 6.45) is 0. The lowest BCUT2D eigenvalue weighted by Gasteiger charge is -2.12. The first-order chi connectivity index (χ1) is 14.0. The van der Waals surface area contributed by atoms with Crippen molar-refractivity contribution in [1.82, 2.24) is 9.55 Å². The predicted octanol–water partition coefficient (Wildman–Crippen LogP) is 5.14. The minimum absolute atomic E-state index is 0.122. The molecule has 0 saturated carbocycles. The number of nitrogens with zero attached hydrogens (tertiary/aromatic N) is 2.